The molecule has 0 aliphatic heterocycles. The Balaban J connectivity index is 3.08. The van der Waals surface area contributed by atoms with E-state index in [-0.39, 0.29) is 30.4 Å². The van der Waals surface area contributed by atoms with Crippen molar-refractivity contribution in [3.8, 4) is 0 Å². The van der Waals surface area contributed by atoms with Gasteiger partial charge in [-0.2, -0.15) is 4.31 Å². The van der Waals surface area contributed by atoms with Gasteiger partial charge in [-0.05, 0) is 19.1 Å². The van der Waals surface area contributed by atoms with E-state index in [1.54, 1.807) is 6.92 Å². The Bertz CT molecular complexity index is 507. The fourth-order valence-electron chi connectivity index (χ4n) is 1.57. The SMILES string of the molecule is CCN(CCO)S(=O)(=O)c1ccc(C(C)=O)cc1. The molecule has 0 fully saturated rings. The van der Waals surface area contributed by atoms with Crippen molar-refractivity contribution in [1.29, 1.82) is 0 Å². The molecule has 0 saturated heterocycles. The number of rotatable bonds is 6. The summed E-state index contributed by atoms with van der Waals surface area (Å²) in [7, 11) is -3.59. The molecule has 0 aliphatic rings. The summed E-state index contributed by atoms with van der Waals surface area (Å²) >= 11 is 0. The monoisotopic (exact) mass is 271 g/mol. The number of carbonyl (C=O) groups excluding carboxylic acids is 1. The summed E-state index contributed by atoms with van der Waals surface area (Å²) in [4.78, 5) is 11.2. The van der Waals surface area contributed by atoms with Gasteiger partial charge in [0.05, 0.1) is 11.5 Å². The number of nitrogens with zero attached hydrogens (tertiary/aromatic N) is 1. The second-order valence-corrected chi connectivity index (χ2v) is 5.74. The number of sulfonamides is 1. The first kappa shape index (κ1) is 14.8. The lowest BCUT2D eigenvalue weighted by Crippen LogP contribution is -2.33. The van der Waals surface area contributed by atoms with Crippen molar-refractivity contribution in [3.63, 3.8) is 0 Å². The molecular weight excluding hydrogens is 254 g/mol. The normalized spacial score (nSPS) is 11.8. The van der Waals surface area contributed by atoms with Crippen molar-refractivity contribution < 1.29 is 18.3 Å². The molecule has 0 heterocycles. The fraction of sp³-hybridized carbons (Fsp3) is 0.417. The molecule has 1 aromatic rings. The predicted molar refractivity (Wildman–Crippen MR) is 68.0 cm³/mol. The number of aliphatic hydroxyl groups excluding tert-OH is 1. The Morgan fingerprint density at radius 2 is 1.83 bits per heavy atom. The molecule has 0 atom stereocenters. The van der Waals surface area contributed by atoms with Crippen molar-refractivity contribution in [2.24, 2.45) is 0 Å². The summed E-state index contributed by atoms with van der Waals surface area (Å²) in [5, 5.41) is 8.84. The molecule has 1 N–H and O–H groups in total. The molecule has 0 aromatic heterocycles. The molecule has 0 unspecified atom stereocenters. The quantitative estimate of drug-likeness (QED) is 0.780. The van der Waals surface area contributed by atoms with E-state index < -0.39 is 10.0 Å². The van der Waals surface area contributed by atoms with E-state index in [1.807, 2.05) is 0 Å². The van der Waals surface area contributed by atoms with E-state index in [2.05, 4.69) is 0 Å². The molecule has 5 nitrogen and oxygen atoms in total. The van der Waals surface area contributed by atoms with Crippen LogP contribution in [0.5, 0.6) is 0 Å². The molecule has 100 valence electrons. The van der Waals surface area contributed by atoms with Gasteiger partial charge in [-0.3, -0.25) is 4.79 Å². The molecule has 0 radical (unpaired) electrons. The third-order valence-electron chi connectivity index (χ3n) is 2.60. The maximum absolute atomic E-state index is 12.2. The van der Waals surface area contributed by atoms with E-state index in [0.717, 1.165) is 0 Å². The first-order chi connectivity index (χ1) is 8.43. The minimum atomic E-state index is -3.59. The number of carbonyl (C=O) groups is 1. The number of aliphatic hydroxyl groups is 1. The Hall–Kier alpha value is -1.24. The predicted octanol–water partition coefficient (Wildman–Crippen LogP) is 0.892. The molecule has 0 aliphatic carbocycles. The van der Waals surface area contributed by atoms with Gasteiger partial charge in [0.1, 0.15) is 0 Å². The molecule has 0 bridgehead atoms. The van der Waals surface area contributed by atoms with Crippen LogP contribution in [-0.2, 0) is 10.0 Å². The molecule has 0 spiro atoms. The summed E-state index contributed by atoms with van der Waals surface area (Å²) in [6.45, 7) is 3.26. The minimum Gasteiger partial charge on any atom is -0.395 e. The molecule has 0 amide bonds. The number of likely N-dealkylation sites (N-methyl/N-ethyl adjacent to an activating group) is 1. The Labute approximate surface area is 107 Å². The van der Waals surface area contributed by atoms with Gasteiger partial charge in [0.2, 0.25) is 10.0 Å². The maximum Gasteiger partial charge on any atom is 0.243 e. The summed E-state index contributed by atoms with van der Waals surface area (Å²) in [6, 6.07) is 5.79. The van der Waals surface area contributed by atoms with Gasteiger partial charge in [0.25, 0.3) is 0 Å². The van der Waals surface area contributed by atoms with Gasteiger partial charge in [0, 0.05) is 18.7 Å². The fourth-order valence-corrected chi connectivity index (χ4v) is 3.01. The Morgan fingerprint density at radius 3 is 2.22 bits per heavy atom. The van der Waals surface area contributed by atoms with Crippen LogP contribution in [0.1, 0.15) is 24.2 Å². The van der Waals surface area contributed by atoms with Crippen molar-refractivity contribution in [3.05, 3.63) is 29.8 Å². The van der Waals surface area contributed by atoms with E-state index in [1.165, 1.54) is 35.5 Å². The molecular formula is C12H17NO4S. The standard InChI is InChI=1S/C12H17NO4S/c1-3-13(8-9-14)18(16,17)12-6-4-11(5-7-12)10(2)15/h4-7,14H,3,8-9H2,1-2H3. The highest BCUT2D eigenvalue weighted by Gasteiger charge is 2.22. The van der Waals surface area contributed by atoms with E-state index in [9.17, 15) is 13.2 Å². The lowest BCUT2D eigenvalue weighted by atomic mass is 10.2. The zero-order valence-corrected chi connectivity index (χ0v) is 11.3. The number of hydrogen-bond acceptors (Lipinski definition) is 4. The van der Waals surface area contributed by atoms with Crippen LogP contribution < -0.4 is 0 Å². The largest absolute Gasteiger partial charge is 0.395 e. The highest BCUT2D eigenvalue weighted by molar-refractivity contribution is 7.89. The van der Waals surface area contributed by atoms with Gasteiger partial charge in [0.15, 0.2) is 5.78 Å². The van der Waals surface area contributed by atoms with Crippen LogP contribution in [0.2, 0.25) is 0 Å². The first-order valence-corrected chi connectivity index (χ1v) is 7.09. The molecule has 1 aromatic carbocycles. The lowest BCUT2D eigenvalue weighted by Gasteiger charge is -2.19. The van der Waals surface area contributed by atoms with Crippen LogP contribution in [0.15, 0.2) is 29.2 Å². The van der Waals surface area contributed by atoms with Crippen molar-refractivity contribution >= 4 is 15.8 Å². The van der Waals surface area contributed by atoms with Gasteiger partial charge < -0.3 is 5.11 Å². The molecule has 6 heteroatoms. The van der Waals surface area contributed by atoms with Crippen LogP contribution in [0.3, 0.4) is 0 Å². The average molecular weight is 271 g/mol. The summed E-state index contributed by atoms with van der Waals surface area (Å²) < 4.78 is 25.5. The Morgan fingerprint density at radius 1 is 1.28 bits per heavy atom. The van der Waals surface area contributed by atoms with Gasteiger partial charge >= 0.3 is 0 Å². The molecule has 18 heavy (non-hydrogen) atoms. The minimum absolute atomic E-state index is 0.0628. The third kappa shape index (κ3) is 3.16. The smallest absolute Gasteiger partial charge is 0.243 e. The second-order valence-electron chi connectivity index (χ2n) is 3.80. The van der Waals surface area contributed by atoms with Crippen molar-refractivity contribution in [1.82, 2.24) is 4.31 Å². The van der Waals surface area contributed by atoms with Gasteiger partial charge in [-0.25, -0.2) is 8.42 Å². The number of hydrogen-bond donors (Lipinski definition) is 1. The summed E-state index contributed by atoms with van der Waals surface area (Å²) in [6.07, 6.45) is 0. The first-order valence-electron chi connectivity index (χ1n) is 5.65. The van der Waals surface area contributed by atoms with Crippen LogP contribution >= 0.6 is 0 Å². The second kappa shape index (κ2) is 6.08. The van der Waals surface area contributed by atoms with E-state index in [4.69, 9.17) is 5.11 Å². The zero-order chi connectivity index (χ0) is 13.8. The van der Waals surface area contributed by atoms with Crippen LogP contribution in [-0.4, -0.2) is 43.3 Å². The average Bonchev–Trinajstić information content (AvgIpc) is 2.35. The van der Waals surface area contributed by atoms with Gasteiger partial charge in [-0.1, -0.05) is 19.1 Å². The molecule has 1 rings (SSSR count). The van der Waals surface area contributed by atoms with Gasteiger partial charge in [-0.15, -0.1) is 0 Å². The highest BCUT2D eigenvalue weighted by Crippen LogP contribution is 2.16. The van der Waals surface area contributed by atoms with E-state index in [0.29, 0.717) is 5.56 Å². The van der Waals surface area contributed by atoms with Crippen molar-refractivity contribution in [2.75, 3.05) is 19.7 Å². The number of Topliss-reactive ketones (excluding diaryl/α,β-unsaturated/α-hetero) is 1. The maximum atomic E-state index is 12.2. The lowest BCUT2D eigenvalue weighted by molar-refractivity contribution is 0.101. The number of benzene rings is 1. The van der Waals surface area contributed by atoms with Crippen molar-refractivity contribution in [2.45, 2.75) is 18.7 Å². The van der Waals surface area contributed by atoms with Crippen LogP contribution in [0.25, 0.3) is 0 Å². The Kier molecular flexibility index (Phi) is 5.01. The zero-order valence-electron chi connectivity index (χ0n) is 10.5. The highest BCUT2D eigenvalue weighted by atomic mass is 32.2. The van der Waals surface area contributed by atoms with Crippen LogP contribution in [0.4, 0.5) is 0 Å². The molecule has 0 saturated carbocycles. The number of ketones is 1. The summed E-state index contributed by atoms with van der Waals surface area (Å²) in [5.41, 5.74) is 0.471. The summed E-state index contributed by atoms with van der Waals surface area (Å²) in [5.74, 6) is -0.110. The third-order valence-corrected chi connectivity index (χ3v) is 4.59. The van der Waals surface area contributed by atoms with Crippen LogP contribution in [0, 0.1) is 0 Å². The van der Waals surface area contributed by atoms with E-state index >= 15 is 0 Å². The topological polar surface area (TPSA) is 74.7 Å².